The van der Waals surface area contributed by atoms with E-state index in [1.54, 1.807) is 13.2 Å². The molecule has 0 saturated carbocycles. The molecule has 0 saturated heterocycles. The third-order valence-corrected chi connectivity index (χ3v) is 2.34. The Hall–Kier alpha value is -0.650. The Morgan fingerprint density at radius 2 is 2.29 bits per heavy atom. The van der Waals surface area contributed by atoms with Gasteiger partial charge < -0.3 is 4.74 Å². The number of hydrogen-bond donors (Lipinski definition) is 0. The van der Waals surface area contributed by atoms with E-state index in [1.165, 1.54) is 0 Å². The zero-order chi connectivity index (χ0) is 10.4. The molecule has 0 unspecified atom stereocenters. The molecular weight excluding hydrogens is 263 g/mol. The van der Waals surface area contributed by atoms with Gasteiger partial charge in [-0.3, -0.25) is 0 Å². The first-order valence-corrected chi connectivity index (χ1v) is 5.66. The van der Waals surface area contributed by atoms with Crippen LogP contribution < -0.4 is 4.74 Å². The van der Waals surface area contributed by atoms with Crippen LogP contribution in [0, 0.1) is 11.8 Å². The van der Waals surface area contributed by atoms with Gasteiger partial charge in [0, 0.05) is 17.3 Å². The van der Waals surface area contributed by atoms with Crippen LogP contribution in [-0.2, 0) is 0 Å². The fourth-order valence-electron chi connectivity index (χ4n) is 0.932. The van der Waals surface area contributed by atoms with Gasteiger partial charge in [-0.1, -0.05) is 39.4 Å². The van der Waals surface area contributed by atoms with Gasteiger partial charge in [0.05, 0.1) is 12.1 Å². The highest BCUT2D eigenvalue weighted by Gasteiger charge is 1.98. The molecule has 0 aliphatic rings. The molecule has 0 amide bonds. The van der Waals surface area contributed by atoms with Crippen molar-refractivity contribution in [3.63, 3.8) is 0 Å². The predicted octanol–water partition coefficient (Wildman–Crippen LogP) is 3.49. The van der Waals surface area contributed by atoms with Gasteiger partial charge >= 0.3 is 0 Å². The maximum atomic E-state index is 5.96. The molecule has 0 fully saturated rings. The Morgan fingerprint density at radius 3 is 2.93 bits per heavy atom. The molecule has 0 aliphatic heterocycles. The quantitative estimate of drug-likeness (QED) is 0.592. The molecule has 0 bridgehead atoms. The number of ether oxygens (including phenoxy) is 1. The number of hydrogen-bond acceptors (Lipinski definition) is 1. The summed E-state index contributed by atoms with van der Waals surface area (Å²) >= 11 is 9.27. The largest absolute Gasteiger partial charge is 0.497 e. The Bertz CT molecular complexity index is 365. The van der Waals surface area contributed by atoms with E-state index in [9.17, 15) is 0 Å². The average molecular weight is 274 g/mol. The van der Waals surface area contributed by atoms with Crippen molar-refractivity contribution in [3.8, 4) is 17.6 Å². The van der Waals surface area contributed by atoms with Crippen LogP contribution in [0.4, 0.5) is 0 Å². The van der Waals surface area contributed by atoms with Crippen LogP contribution >= 0.6 is 27.5 Å². The fourth-order valence-corrected chi connectivity index (χ4v) is 1.30. The highest BCUT2D eigenvalue weighted by molar-refractivity contribution is 9.09. The monoisotopic (exact) mass is 272 g/mol. The molecule has 0 atom stereocenters. The molecule has 0 radical (unpaired) electrons. The Morgan fingerprint density at radius 1 is 1.50 bits per heavy atom. The van der Waals surface area contributed by atoms with E-state index in [4.69, 9.17) is 16.3 Å². The normalized spacial score (nSPS) is 9.07. The van der Waals surface area contributed by atoms with E-state index in [0.717, 1.165) is 23.1 Å². The number of alkyl halides is 1. The highest BCUT2D eigenvalue weighted by Crippen LogP contribution is 2.20. The van der Waals surface area contributed by atoms with Crippen LogP contribution in [0.1, 0.15) is 12.0 Å². The first-order valence-electron chi connectivity index (χ1n) is 4.16. The summed E-state index contributed by atoms with van der Waals surface area (Å²) in [6, 6.07) is 5.44. The summed E-state index contributed by atoms with van der Waals surface area (Å²) in [7, 11) is 1.62. The molecular formula is C11H10BrClO. The minimum Gasteiger partial charge on any atom is -0.497 e. The van der Waals surface area contributed by atoms with E-state index < -0.39 is 0 Å². The summed E-state index contributed by atoms with van der Waals surface area (Å²) in [5.41, 5.74) is 0.812. The first kappa shape index (κ1) is 11.4. The van der Waals surface area contributed by atoms with Gasteiger partial charge in [-0.2, -0.15) is 0 Å². The minimum atomic E-state index is 0.660. The van der Waals surface area contributed by atoms with Crippen LogP contribution in [0.25, 0.3) is 0 Å². The third kappa shape index (κ3) is 3.25. The van der Waals surface area contributed by atoms with E-state index in [-0.39, 0.29) is 0 Å². The minimum absolute atomic E-state index is 0.660. The van der Waals surface area contributed by atoms with Crippen LogP contribution in [0.2, 0.25) is 5.02 Å². The number of benzene rings is 1. The van der Waals surface area contributed by atoms with Gasteiger partial charge in [0.2, 0.25) is 0 Å². The lowest BCUT2D eigenvalue weighted by Gasteiger charge is -2.00. The summed E-state index contributed by atoms with van der Waals surface area (Å²) in [6.07, 6.45) is 0.813. The van der Waals surface area contributed by atoms with Crippen molar-refractivity contribution in [1.29, 1.82) is 0 Å². The zero-order valence-electron chi connectivity index (χ0n) is 7.81. The van der Waals surface area contributed by atoms with Crippen molar-refractivity contribution in [2.24, 2.45) is 0 Å². The second kappa shape index (κ2) is 5.95. The lowest BCUT2D eigenvalue weighted by atomic mass is 10.2. The van der Waals surface area contributed by atoms with Crippen molar-refractivity contribution in [2.45, 2.75) is 6.42 Å². The molecule has 0 spiro atoms. The Kier molecular flexibility index (Phi) is 4.86. The summed E-state index contributed by atoms with van der Waals surface area (Å²) in [5.74, 6) is 6.78. The molecule has 0 aliphatic carbocycles. The van der Waals surface area contributed by atoms with Gasteiger partial charge in [0.1, 0.15) is 5.75 Å². The van der Waals surface area contributed by atoms with Crippen LogP contribution in [0.3, 0.4) is 0 Å². The molecule has 74 valence electrons. The van der Waals surface area contributed by atoms with E-state index in [2.05, 4.69) is 27.8 Å². The standard InChI is InChI=1S/C11H10BrClO/c1-14-10-5-6-11(13)9(8-10)4-2-3-7-12/h5-6,8H,3,7H2,1H3. The number of methoxy groups -OCH3 is 1. The Balaban J connectivity index is 2.91. The molecule has 1 nitrogen and oxygen atoms in total. The third-order valence-electron chi connectivity index (χ3n) is 1.62. The van der Waals surface area contributed by atoms with Gasteiger partial charge in [-0.05, 0) is 18.2 Å². The molecule has 0 N–H and O–H groups in total. The van der Waals surface area contributed by atoms with Crippen LogP contribution in [0.15, 0.2) is 18.2 Å². The predicted molar refractivity (Wildman–Crippen MR) is 63.3 cm³/mol. The molecule has 0 heterocycles. The lowest BCUT2D eigenvalue weighted by Crippen LogP contribution is -1.84. The van der Waals surface area contributed by atoms with Crippen molar-refractivity contribution < 1.29 is 4.74 Å². The summed E-state index contributed by atoms with van der Waals surface area (Å²) in [4.78, 5) is 0. The molecule has 1 aromatic rings. The van der Waals surface area contributed by atoms with Crippen molar-refractivity contribution in [3.05, 3.63) is 28.8 Å². The molecule has 3 heteroatoms. The average Bonchev–Trinajstić information content (AvgIpc) is 2.21. The van der Waals surface area contributed by atoms with Crippen LogP contribution in [0.5, 0.6) is 5.75 Å². The lowest BCUT2D eigenvalue weighted by molar-refractivity contribution is 0.414. The summed E-state index contributed by atoms with van der Waals surface area (Å²) in [5, 5.41) is 1.54. The fraction of sp³-hybridized carbons (Fsp3) is 0.273. The van der Waals surface area contributed by atoms with Crippen molar-refractivity contribution >= 4 is 27.5 Å². The second-order valence-electron chi connectivity index (χ2n) is 2.59. The maximum Gasteiger partial charge on any atom is 0.120 e. The first-order chi connectivity index (χ1) is 6.77. The molecule has 0 aromatic heterocycles. The summed E-state index contributed by atoms with van der Waals surface area (Å²) in [6.45, 7) is 0. The van der Waals surface area contributed by atoms with Crippen LogP contribution in [-0.4, -0.2) is 12.4 Å². The van der Waals surface area contributed by atoms with Gasteiger partial charge in [0.15, 0.2) is 0 Å². The SMILES string of the molecule is COc1ccc(Cl)c(C#CCCBr)c1. The smallest absolute Gasteiger partial charge is 0.120 e. The number of halogens is 2. The van der Waals surface area contributed by atoms with Gasteiger partial charge in [-0.25, -0.2) is 0 Å². The molecule has 14 heavy (non-hydrogen) atoms. The van der Waals surface area contributed by atoms with Gasteiger partial charge in [-0.15, -0.1) is 0 Å². The van der Waals surface area contributed by atoms with Gasteiger partial charge in [0.25, 0.3) is 0 Å². The van der Waals surface area contributed by atoms with Crippen molar-refractivity contribution in [2.75, 3.05) is 12.4 Å². The van der Waals surface area contributed by atoms with E-state index in [0.29, 0.717) is 5.02 Å². The highest BCUT2D eigenvalue weighted by atomic mass is 79.9. The molecule has 1 aromatic carbocycles. The zero-order valence-corrected chi connectivity index (χ0v) is 10.2. The second-order valence-corrected chi connectivity index (χ2v) is 3.79. The summed E-state index contributed by atoms with van der Waals surface area (Å²) < 4.78 is 5.08. The van der Waals surface area contributed by atoms with E-state index >= 15 is 0 Å². The molecule has 1 rings (SSSR count). The topological polar surface area (TPSA) is 9.23 Å². The number of rotatable bonds is 2. The van der Waals surface area contributed by atoms with Crippen molar-refractivity contribution in [1.82, 2.24) is 0 Å². The maximum absolute atomic E-state index is 5.96. The Labute approximate surface area is 97.5 Å². The van der Waals surface area contributed by atoms with E-state index in [1.807, 2.05) is 12.1 Å².